The molecule has 1 heterocycles. The Morgan fingerprint density at radius 3 is 2.62 bits per heavy atom. The molecule has 3 aromatic rings. The molecule has 0 radical (unpaired) electrons. The quantitative estimate of drug-likeness (QED) is 0.563. The predicted molar refractivity (Wildman–Crippen MR) is 87.8 cm³/mol. The lowest BCUT2D eigenvalue weighted by molar-refractivity contribution is 0.623. The SMILES string of the molecule is Cc1ccc(-n2c(CCl)nc3cc(F)c(Br)cc32)cc1C. The fraction of sp³-hybridized carbons (Fsp3) is 0.188. The van der Waals surface area contributed by atoms with Crippen LogP contribution in [-0.4, -0.2) is 9.55 Å². The van der Waals surface area contributed by atoms with Gasteiger partial charge in [-0.25, -0.2) is 9.37 Å². The van der Waals surface area contributed by atoms with Crippen molar-refractivity contribution in [2.45, 2.75) is 19.7 Å². The Bertz CT molecular complexity index is 842. The van der Waals surface area contributed by atoms with Crippen molar-refractivity contribution < 1.29 is 4.39 Å². The van der Waals surface area contributed by atoms with Gasteiger partial charge in [-0.15, -0.1) is 11.6 Å². The van der Waals surface area contributed by atoms with Crippen LogP contribution in [-0.2, 0) is 5.88 Å². The van der Waals surface area contributed by atoms with E-state index in [0.717, 1.165) is 11.2 Å². The Morgan fingerprint density at radius 2 is 1.95 bits per heavy atom. The molecule has 0 saturated carbocycles. The molecule has 0 amide bonds. The molecule has 2 nitrogen and oxygen atoms in total. The van der Waals surface area contributed by atoms with E-state index in [2.05, 4.69) is 46.9 Å². The molecule has 0 bridgehead atoms. The average molecular weight is 368 g/mol. The molecular formula is C16H13BrClFN2. The zero-order valence-corrected chi connectivity index (χ0v) is 14.0. The smallest absolute Gasteiger partial charge is 0.139 e. The molecule has 21 heavy (non-hydrogen) atoms. The number of aromatic nitrogens is 2. The Morgan fingerprint density at radius 1 is 1.19 bits per heavy atom. The Hall–Kier alpha value is -1.39. The molecule has 0 N–H and O–H groups in total. The van der Waals surface area contributed by atoms with Crippen LogP contribution in [0.5, 0.6) is 0 Å². The first-order valence-electron chi connectivity index (χ1n) is 6.51. The summed E-state index contributed by atoms with van der Waals surface area (Å²) in [5, 5.41) is 0. The van der Waals surface area contributed by atoms with E-state index in [1.165, 1.54) is 17.2 Å². The summed E-state index contributed by atoms with van der Waals surface area (Å²) in [4.78, 5) is 4.43. The molecule has 108 valence electrons. The van der Waals surface area contributed by atoms with E-state index in [4.69, 9.17) is 11.6 Å². The van der Waals surface area contributed by atoms with Crippen LogP contribution in [0.2, 0.25) is 0 Å². The van der Waals surface area contributed by atoms with E-state index in [-0.39, 0.29) is 11.7 Å². The van der Waals surface area contributed by atoms with E-state index in [1.807, 2.05) is 10.6 Å². The second-order valence-corrected chi connectivity index (χ2v) is 6.14. The van der Waals surface area contributed by atoms with Crippen LogP contribution in [0.1, 0.15) is 17.0 Å². The van der Waals surface area contributed by atoms with Gasteiger partial charge >= 0.3 is 0 Å². The van der Waals surface area contributed by atoms with Crippen LogP contribution in [0.3, 0.4) is 0 Å². The largest absolute Gasteiger partial charge is 0.295 e. The molecule has 0 aliphatic carbocycles. The van der Waals surface area contributed by atoms with Crippen LogP contribution in [0.25, 0.3) is 16.7 Å². The van der Waals surface area contributed by atoms with E-state index in [1.54, 1.807) is 6.07 Å². The molecular weight excluding hydrogens is 355 g/mol. The monoisotopic (exact) mass is 366 g/mol. The van der Waals surface area contributed by atoms with Gasteiger partial charge in [0.1, 0.15) is 11.6 Å². The van der Waals surface area contributed by atoms with Crippen molar-refractivity contribution in [3.8, 4) is 5.69 Å². The standard InChI is InChI=1S/C16H13BrClFN2/c1-9-3-4-11(5-10(9)2)21-15-6-12(17)13(19)7-14(15)20-16(21)8-18/h3-7H,8H2,1-2H3. The van der Waals surface area contributed by atoms with Gasteiger partial charge in [-0.1, -0.05) is 6.07 Å². The summed E-state index contributed by atoms with van der Waals surface area (Å²) in [7, 11) is 0. The number of hydrogen-bond donors (Lipinski definition) is 0. The number of fused-ring (bicyclic) bond motifs is 1. The molecule has 5 heteroatoms. The van der Waals surface area contributed by atoms with Crippen molar-refractivity contribution in [3.05, 3.63) is 57.6 Å². The summed E-state index contributed by atoms with van der Waals surface area (Å²) in [6.07, 6.45) is 0. The molecule has 0 unspecified atom stereocenters. The van der Waals surface area contributed by atoms with Gasteiger partial charge in [-0.2, -0.15) is 0 Å². The number of benzene rings is 2. The number of halogens is 3. The highest BCUT2D eigenvalue weighted by Gasteiger charge is 2.14. The maximum atomic E-state index is 13.7. The number of imidazole rings is 1. The third kappa shape index (κ3) is 2.47. The zero-order chi connectivity index (χ0) is 15.1. The highest BCUT2D eigenvalue weighted by atomic mass is 79.9. The maximum Gasteiger partial charge on any atom is 0.139 e. The zero-order valence-electron chi connectivity index (χ0n) is 11.6. The minimum absolute atomic E-state index is 0.265. The lowest BCUT2D eigenvalue weighted by Crippen LogP contribution is -2.00. The number of rotatable bonds is 2. The molecule has 3 rings (SSSR count). The summed E-state index contributed by atoms with van der Waals surface area (Å²) >= 11 is 9.25. The van der Waals surface area contributed by atoms with Gasteiger partial charge < -0.3 is 0 Å². The first kappa shape index (κ1) is 14.5. The molecule has 0 spiro atoms. The molecule has 0 aliphatic rings. The van der Waals surface area contributed by atoms with Crippen molar-refractivity contribution >= 4 is 38.6 Å². The molecule has 2 aromatic carbocycles. The molecule has 1 aromatic heterocycles. The van der Waals surface area contributed by atoms with Crippen LogP contribution in [0, 0.1) is 19.7 Å². The predicted octanol–water partition coefficient (Wildman–Crippen LogP) is 5.28. The number of alkyl halides is 1. The lowest BCUT2D eigenvalue weighted by Gasteiger charge is -2.10. The third-order valence-corrected chi connectivity index (χ3v) is 4.48. The van der Waals surface area contributed by atoms with Gasteiger partial charge in [0.2, 0.25) is 0 Å². The molecule has 0 saturated heterocycles. The first-order chi connectivity index (χ1) is 10.0. The molecule has 0 atom stereocenters. The molecule has 0 fully saturated rings. The Balaban J connectivity index is 2.34. The van der Waals surface area contributed by atoms with E-state index in [9.17, 15) is 4.39 Å². The Labute approximate surface area is 135 Å². The van der Waals surface area contributed by atoms with Crippen molar-refractivity contribution in [2.75, 3.05) is 0 Å². The second kappa shape index (κ2) is 5.43. The average Bonchev–Trinajstić information content (AvgIpc) is 2.80. The van der Waals surface area contributed by atoms with E-state index >= 15 is 0 Å². The third-order valence-electron chi connectivity index (χ3n) is 3.63. The summed E-state index contributed by atoms with van der Waals surface area (Å²) in [5.74, 6) is 0.640. The van der Waals surface area contributed by atoms with Crippen LogP contribution in [0.15, 0.2) is 34.8 Å². The summed E-state index contributed by atoms with van der Waals surface area (Å²) in [6, 6.07) is 9.34. The van der Waals surface area contributed by atoms with Gasteiger partial charge in [0.15, 0.2) is 0 Å². The normalized spacial score (nSPS) is 11.3. The summed E-state index contributed by atoms with van der Waals surface area (Å²) in [5.41, 5.74) is 4.83. The van der Waals surface area contributed by atoms with Gasteiger partial charge in [-0.05, 0) is 59.1 Å². The highest BCUT2D eigenvalue weighted by Crippen LogP contribution is 2.28. The second-order valence-electron chi connectivity index (χ2n) is 5.02. The number of nitrogens with zero attached hydrogens (tertiary/aromatic N) is 2. The van der Waals surface area contributed by atoms with Crippen molar-refractivity contribution in [3.63, 3.8) is 0 Å². The van der Waals surface area contributed by atoms with E-state index in [0.29, 0.717) is 15.8 Å². The Kier molecular flexibility index (Phi) is 3.76. The number of aryl methyl sites for hydroxylation is 2. The fourth-order valence-electron chi connectivity index (χ4n) is 2.37. The maximum absolute atomic E-state index is 13.7. The fourth-order valence-corrected chi connectivity index (χ4v) is 2.88. The minimum atomic E-state index is -0.326. The summed E-state index contributed by atoms with van der Waals surface area (Å²) < 4.78 is 16.1. The first-order valence-corrected chi connectivity index (χ1v) is 7.84. The summed E-state index contributed by atoms with van der Waals surface area (Å²) in [6.45, 7) is 4.13. The van der Waals surface area contributed by atoms with Crippen LogP contribution < -0.4 is 0 Å². The van der Waals surface area contributed by atoms with Gasteiger partial charge in [0.05, 0.1) is 21.4 Å². The van der Waals surface area contributed by atoms with Crippen LogP contribution >= 0.6 is 27.5 Å². The van der Waals surface area contributed by atoms with Gasteiger partial charge in [0.25, 0.3) is 0 Å². The van der Waals surface area contributed by atoms with Crippen LogP contribution in [0.4, 0.5) is 4.39 Å². The van der Waals surface area contributed by atoms with Crippen molar-refractivity contribution in [1.29, 1.82) is 0 Å². The lowest BCUT2D eigenvalue weighted by atomic mass is 10.1. The minimum Gasteiger partial charge on any atom is -0.295 e. The van der Waals surface area contributed by atoms with Crippen molar-refractivity contribution in [2.24, 2.45) is 0 Å². The van der Waals surface area contributed by atoms with Crippen molar-refractivity contribution in [1.82, 2.24) is 9.55 Å². The number of hydrogen-bond acceptors (Lipinski definition) is 1. The van der Waals surface area contributed by atoms with Gasteiger partial charge in [-0.3, -0.25) is 4.57 Å². The topological polar surface area (TPSA) is 17.8 Å². The van der Waals surface area contributed by atoms with Gasteiger partial charge in [0, 0.05) is 11.8 Å². The molecule has 0 aliphatic heterocycles. The van der Waals surface area contributed by atoms with E-state index < -0.39 is 0 Å². The highest BCUT2D eigenvalue weighted by molar-refractivity contribution is 9.10.